The van der Waals surface area contributed by atoms with E-state index in [2.05, 4.69) is 10.6 Å². The summed E-state index contributed by atoms with van der Waals surface area (Å²) in [6, 6.07) is -0.506. The van der Waals surface area contributed by atoms with Crippen molar-refractivity contribution in [2.24, 2.45) is 0 Å². The summed E-state index contributed by atoms with van der Waals surface area (Å²) < 4.78 is 0. The molecule has 1 saturated heterocycles. The molecule has 1 fully saturated rings. The van der Waals surface area contributed by atoms with E-state index in [1.165, 1.54) is 4.90 Å². The second-order valence-electron chi connectivity index (χ2n) is 5.77. The van der Waals surface area contributed by atoms with Crippen LogP contribution in [-0.4, -0.2) is 40.4 Å². The summed E-state index contributed by atoms with van der Waals surface area (Å²) in [5, 5.41) is 5.02. The summed E-state index contributed by atoms with van der Waals surface area (Å²) in [5.41, 5.74) is -1.30. The van der Waals surface area contributed by atoms with Crippen molar-refractivity contribution in [3.8, 4) is 0 Å². The summed E-state index contributed by atoms with van der Waals surface area (Å²) in [6.45, 7) is 8.95. The molecule has 0 aromatic heterocycles. The fraction of sp³-hybridized carbons (Fsp3) is 0.750. The van der Waals surface area contributed by atoms with E-state index in [4.69, 9.17) is 0 Å². The largest absolute Gasteiger partial charge is 0.350 e. The van der Waals surface area contributed by atoms with Gasteiger partial charge in [-0.2, -0.15) is 0 Å². The van der Waals surface area contributed by atoms with E-state index in [9.17, 15) is 14.4 Å². The Morgan fingerprint density at radius 3 is 2.39 bits per heavy atom. The molecule has 102 valence electrons. The minimum absolute atomic E-state index is 0.112. The van der Waals surface area contributed by atoms with Crippen molar-refractivity contribution in [3.63, 3.8) is 0 Å². The van der Waals surface area contributed by atoms with E-state index in [1.54, 1.807) is 6.92 Å². The van der Waals surface area contributed by atoms with Gasteiger partial charge in [-0.3, -0.25) is 14.9 Å². The Hall–Kier alpha value is -1.59. The standard InChI is InChI=1S/C12H21N3O3/c1-6-12(5)9(17)13-10(18)15(12)7-8(16)14-11(2,3)4/h6-7H2,1-5H3,(H,14,16)(H,13,17,18). The molecular weight excluding hydrogens is 234 g/mol. The summed E-state index contributed by atoms with van der Waals surface area (Å²) in [7, 11) is 0. The molecule has 0 aromatic rings. The average molecular weight is 255 g/mol. The van der Waals surface area contributed by atoms with Gasteiger partial charge in [0.15, 0.2) is 0 Å². The third-order valence-electron chi connectivity index (χ3n) is 3.06. The lowest BCUT2D eigenvalue weighted by atomic mass is 9.97. The van der Waals surface area contributed by atoms with E-state index in [0.29, 0.717) is 6.42 Å². The molecule has 0 spiro atoms. The maximum atomic E-state index is 11.8. The fourth-order valence-electron chi connectivity index (χ4n) is 1.85. The molecule has 2 N–H and O–H groups in total. The lowest BCUT2D eigenvalue weighted by molar-refractivity contribution is -0.128. The number of hydrogen-bond donors (Lipinski definition) is 2. The van der Waals surface area contributed by atoms with Crippen LogP contribution in [0.4, 0.5) is 4.79 Å². The quantitative estimate of drug-likeness (QED) is 0.726. The SMILES string of the molecule is CCC1(C)C(=O)NC(=O)N1CC(=O)NC(C)(C)C. The van der Waals surface area contributed by atoms with Crippen molar-refractivity contribution in [2.45, 2.75) is 52.1 Å². The molecule has 6 heteroatoms. The molecule has 1 aliphatic heterocycles. The van der Waals surface area contributed by atoms with Crippen LogP contribution in [0.25, 0.3) is 0 Å². The molecule has 1 aliphatic rings. The first-order chi connectivity index (χ1) is 8.10. The van der Waals surface area contributed by atoms with Crippen molar-refractivity contribution >= 4 is 17.8 Å². The molecule has 0 bridgehead atoms. The summed E-state index contributed by atoms with van der Waals surface area (Å²) in [4.78, 5) is 36.5. The van der Waals surface area contributed by atoms with Gasteiger partial charge in [-0.05, 0) is 34.1 Å². The number of amides is 4. The summed E-state index contributed by atoms with van der Waals surface area (Å²) in [6.07, 6.45) is 0.466. The van der Waals surface area contributed by atoms with Crippen molar-refractivity contribution < 1.29 is 14.4 Å². The molecule has 6 nitrogen and oxygen atoms in total. The van der Waals surface area contributed by atoms with Crippen molar-refractivity contribution in [1.29, 1.82) is 0 Å². The van der Waals surface area contributed by atoms with Crippen molar-refractivity contribution in [3.05, 3.63) is 0 Å². The third kappa shape index (κ3) is 2.80. The highest BCUT2D eigenvalue weighted by Gasteiger charge is 2.48. The number of carbonyl (C=O) groups is 3. The van der Waals surface area contributed by atoms with Gasteiger partial charge in [0, 0.05) is 5.54 Å². The van der Waals surface area contributed by atoms with Crippen LogP contribution >= 0.6 is 0 Å². The molecule has 1 atom stereocenters. The Morgan fingerprint density at radius 1 is 1.39 bits per heavy atom. The van der Waals surface area contributed by atoms with Crippen LogP contribution in [0.3, 0.4) is 0 Å². The monoisotopic (exact) mass is 255 g/mol. The Morgan fingerprint density at radius 2 is 1.94 bits per heavy atom. The smallest absolute Gasteiger partial charge is 0.325 e. The first kappa shape index (κ1) is 14.5. The van der Waals surface area contributed by atoms with Crippen LogP contribution in [0.1, 0.15) is 41.0 Å². The predicted octanol–water partition coefficient (Wildman–Crippen LogP) is 0.622. The molecule has 0 saturated carbocycles. The van der Waals surface area contributed by atoms with Crippen LogP contribution in [0.2, 0.25) is 0 Å². The second kappa shape index (κ2) is 4.59. The zero-order valence-corrected chi connectivity index (χ0v) is 11.6. The highest BCUT2D eigenvalue weighted by atomic mass is 16.2. The van der Waals surface area contributed by atoms with Gasteiger partial charge >= 0.3 is 6.03 Å². The zero-order chi connectivity index (χ0) is 14.1. The van der Waals surface area contributed by atoms with Crippen LogP contribution in [-0.2, 0) is 9.59 Å². The van der Waals surface area contributed by atoms with Crippen molar-refractivity contribution in [1.82, 2.24) is 15.5 Å². The zero-order valence-electron chi connectivity index (χ0n) is 11.6. The molecule has 1 heterocycles. The molecule has 0 radical (unpaired) electrons. The molecular formula is C12H21N3O3. The molecule has 4 amide bonds. The highest BCUT2D eigenvalue weighted by molar-refractivity contribution is 6.07. The third-order valence-corrected chi connectivity index (χ3v) is 3.06. The number of hydrogen-bond acceptors (Lipinski definition) is 3. The topological polar surface area (TPSA) is 78.5 Å². The molecule has 1 unspecified atom stereocenters. The van der Waals surface area contributed by atoms with Crippen molar-refractivity contribution in [2.75, 3.05) is 6.54 Å². The highest BCUT2D eigenvalue weighted by Crippen LogP contribution is 2.24. The Kier molecular flexibility index (Phi) is 3.69. The first-order valence-corrected chi connectivity index (χ1v) is 6.04. The molecule has 0 aromatic carbocycles. The number of urea groups is 1. The van der Waals surface area contributed by atoms with Gasteiger partial charge in [0.05, 0.1) is 0 Å². The number of rotatable bonds is 3. The summed E-state index contributed by atoms with van der Waals surface area (Å²) in [5.74, 6) is -0.620. The van der Waals surface area contributed by atoms with Gasteiger partial charge in [-0.15, -0.1) is 0 Å². The average Bonchev–Trinajstić information content (AvgIpc) is 2.40. The minimum atomic E-state index is -0.938. The maximum Gasteiger partial charge on any atom is 0.325 e. The normalized spacial score (nSPS) is 24.2. The second-order valence-corrected chi connectivity index (χ2v) is 5.77. The van der Waals surface area contributed by atoms with E-state index in [0.717, 1.165) is 0 Å². The number of carbonyl (C=O) groups excluding carboxylic acids is 3. The van der Waals surface area contributed by atoms with E-state index < -0.39 is 11.6 Å². The Bertz CT molecular complexity index is 387. The van der Waals surface area contributed by atoms with Gasteiger partial charge in [-0.25, -0.2) is 4.79 Å². The maximum absolute atomic E-state index is 11.8. The van der Waals surface area contributed by atoms with Gasteiger partial charge in [0.2, 0.25) is 5.91 Å². The van der Waals surface area contributed by atoms with E-state index in [1.807, 2.05) is 27.7 Å². The molecule has 0 aliphatic carbocycles. The Labute approximate surface area is 107 Å². The lowest BCUT2D eigenvalue weighted by Gasteiger charge is -2.31. The van der Waals surface area contributed by atoms with Gasteiger partial charge in [0.25, 0.3) is 5.91 Å². The predicted molar refractivity (Wildman–Crippen MR) is 66.8 cm³/mol. The van der Waals surface area contributed by atoms with Crippen LogP contribution in [0, 0.1) is 0 Å². The van der Waals surface area contributed by atoms with Gasteiger partial charge in [-0.1, -0.05) is 6.92 Å². The summed E-state index contributed by atoms with van der Waals surface area (Å²) >= 11 is 0. The minimum Gasteiger partial charge on any atom is -0.350 e. The lowest BCUT2D eigenvalue weighted by Crippen LogP contribution is -2.52. The van der Waals surface area contributed by atoms with E-state index in [-0.39, 0.29) is 23.9 Å². The fourth-order valence-corrected chi connectivity index (χ4v) is 1.85. The number of nitrogens with zero attached hydrogens (tertiary/aromatic N) is 1. The molecule has 1 rings (SSSR count). The van der Waals surface area contributed by atoms with Crippen LogP contribution in [0.15, 0.2) is 0 Å². The first-order valence-electron chi connectivity index (χ1n) is 6.04. The molecule has 18 heavy (non-hydrogen) atoms. The number of imide groups is 1. The van der Waals surface area contributed by atoms with Gasteiger partial charge in [0.1, 0.15) is 12.1 Å². The van der Waals surface area contributed by atoms with Crippen LogP contribution in [0.5, 0.6) is 0 Å². The Balaban J connectivity index is 2.80. The van der Waals surface area contributed by atoms with Gasteiger partial charge < -0.3 is 10.2 Å². The van der Waals surface area contributed by atoms with Crippen LogP contribution < -0.4 is 10.6 Å². The number of nitrogens with one attached hydrogen (secondary N) is 2. The van der Waals surface area contributed by atoms with E-state index >= 15 is 0 Å².